The molecule has 42 heavy (non-hydrogen) atoms. The van der Waals surface area contributed by atoms with Crippen molar-refractivity contribution < 1.29 is 33.1 Å². The number of fused-ring (bicyclic) bond motifs is 1. The van der Waals surface area contributed by atoms with Crippen LogP contribution < -0.4 is 24.7 Å². The lowest BCUT2D eigenvalue weighted by Gasteiger charge is -2.26. The number of benzene rings is 4. The van der Waals surface area contributed by atoms with Crippen LogP contribution in [0.2, 0.25) is 0 Å². The third-order valence-electron chi connectivity index (χ3n) is 6.36. The molecule has 5 rings (SSSR count). The average Bonchev–Trinajstić information content (AvgIpc) is 2.99. The van der Waals surface area contributed by atoms with E-state index in [1.54, 1.807) is 36.4 Å². The van der Waals surface area contributed by atoms with E-state index in [-0.39, 0.29) is 41.1 Å². The van der Waals surface area contributed by atoms with Gasteiger partial charge in [-0.1, -0.05) is 30.3 Å². The Morgan fingerprint density at radius 3 is 2.26 bits per heavy atom. The van der Waals surface area contributed by atoms with Gasteiger partial charge in [0.25, 0.3) is 5.69 Å². The van der Waals surface area contributed by atoms with Gasteiger partial charge >= 0.3 is 5.97 Å². The van der Waals surface area contributed by atoms with Crippen LogP contribution in [-0.4, -0.2) is 17.5 Å². The van der Waals surface area contributed by atoms with Crippen LogP contribution in [0.25, 0.3) is 0 Å². The molecule has 11 heteroatoms. The van der Waals surface area contributed by atoms with Gasteiger partial charge in [-0.05, 0) is 53.6 Å². The summed E-state index contributed by atoms with van der Waals surface area (Å²) in [4.78, 5) is 22.6. The Labute approximate surface area is 239 Å². The molecule has 1 aliphatic rings. The SMILES string of the molecule is N#CC1=C(N)Oc2cc(OC(=O)COc3ccc([N+](=O)[O-])cc3)ccc2C1c1ccc(OCc2ccc(F)cc2)cc1. The highest BCUT2D eigenvalue weighted by Gasteiger charge is 2.31. The summed E-state index contributed by atoms with van der Waals surface area (Å²) in [6.07, 6.45) is 0. The van der Waals surface area contributed by atoms with Crippen molar-refractivity contribution in [1.29, 1.82) is 5.26 Å². The van der Waals surface area contributed by atoms with E-state index in [1.165, 1.54) is 42.5 Å². The average molecular weight is 568 g/mol. The molecule has 1 heterocycles. The van der Waals surface area contributed by atoms with Crippen molar-refractivity contribution in [3.05, 3.63) is 135 Å². The van der Waals surface area contributed by atoms with Crippen molar-refractivity contribution in [3.63, 3.8) is 0 Å². The van der Waals surface area contributed by atoms with Crippen LogP contribution in [0.3, 0.4) is 0 Å². The number of nitro benzene ring substituents is 1. The smallest absolute Gasteiger partial charge is 0.349 e. The van der Waals surface area contributed by atoms with Gasteiger partial charge in [-0.2, -0.15) is 5.26 Å². The molecule has 0 bridgehead atoms. The van der Waals surface area contributed by atoms with Crippen molar-refractivity contribution in [2.45, 2.75) is 12.5 Å². The Morgan fingerprint density at radius 2 is 1.60 bits per heavy atom. The van der Waals surface area contributed by atoms with Gasteiger partial charge in [-0.25, -0.2) is 9.18 Å². The van der Waals surface area contributed by atoms with Crippen LogP contribution in [0, 0.1) is 27.3 Å². The predicted molar refractivity (Wildman–Crippen MR) is 147 cm³/mol. The van der Waals surface area contributed by atoms with Crippen molar-refractivity contribution in [2.24, 2.45) is 5.73 Å². The molecule has 0 aromatic heterocycles. The lowest BCUT2D eigenvalue weighted by Crippen LogP contribution is -2.21. The summed E-state index contributed by atoms with van der Waals surface area (Å²) in [6.45, 7) is -0.176. The van der Waals surface area contributed by atoms with Crippen LogP contribution in [0.15, 0.2) is 102 Å². The fourth-order valence-electron chi connectivity index (χ4n) is 4.31. The predicted octanol–water partition coefficient (Wildman–Crippen LogP) is 5.52. The molecule has 2 N–H and O–H groups in total. The summed E-state index contributed by atoms with van der Waals surface area (Å²) < 4.78 is 35.3. The second-order valence-corrected chi connectivity index (χ2v) is 9.12. The number of allylic oxidation sites excluding steroid dienone is 1. The number of nitrogens with two attached hydrogens (primary N) is 1. The molecule has 4 aromatic rings. The maximum absolute atomic E-state index is 13.1. The van der Waals surface area contributed by atoms with Crippen molar-refractivity contribution >= 4 is 11.7 Å². The molecule has 0 radical (unpaired) electrons. The van der Waals surface area contributed by atoms with Crippen LogP contribution in [0.1, 0.15) is 22.6 Å². The topological polar surface area (TPSA) is 147 Å². The number of ether oxygens (including phenoxy) is 4. The zero-order valence-electron chi connectivity index (χ0n) is 21.9. The second-order valence-electron chi connectivity index (χ2n) is 9.12. The first kappa shape index (κ1) is 27.7. The highest BCUT2D eigenvalue weighted by molar-refractivity contribution is 5.74. The minimum Gasteiger partial charge on any atom is -0.489 e. The van der Waals surface area contributed by atoms with Gasteiger partial charge < -0.3 is 24.7 Å². The molecular formula is C31H22FN3O7. The highest BCUT2D eigenvalue weighted by atomic mass is 19.1. The Balaban J connectivity index is 1.27. The van der Waals surface area contributed by atoms with Crippen molar-refractivity contribution in [2.75, 3.05) is 6.61 Å². The molecular weight excluding hydrogens is 545 g/mol. The molecule has 210 valence electrons. The summed E-state index contributed by atoms with van der Waals surface area (Å²) in [7, 11) is 0. The molecule has 0 saturated heterocycles. The lowest BCUT2D eigenvalue weighted by atomic mass is 9.83. The molecule has 0 aliphatic carbocycles. The van der Waals surface area contributed by atoms with Crippen molar-refractivity contribution in [1.82, 2.24) is 0 Å². The highest BCUT2D eigenvalue weighted by Crippen LogP contribution is 2.43. The number of esters is 1. The second kappa shape index (κ2) is 12.1. The Morgan fingerprint density at radius 1 is 0.952 bits per heavy atom. The monoisotopic (exact) mass is 567 g/mol. The largest absolute Gasteiger partial charge is 0.489 e. The van der Waals surface area contributed by atoms with Crippen LogP contribution in [-0.2, 0) is 11.4 Å². The first-order chi connectivity index (χ1) is 20.3. The van der Waals surface area contributed by atoms with E-state index in [1.807, 2.05) is 12.1 Å². The zero-order chi connectivity index (χ0) is 29.6. The fraction of sp³-hybridized carbons (Fsp3) is 0.0968. The fourth-order valence-corrected chi connectivity index (χ4v) is 4.31. The number of nitrogens with zero attached hydrogens (tertiary/aromatic N) is 2. The van der Waals surface area contributed by atoms with E-state index in [0.717, 1.165) is 11.1 Å². The number of carbonyl (C=O) groups is 1. The number of hydrogen-bond donors (Lipinski definition) is 1. The van der Waals surface area contributed by atoms with Gasteiger partial charge in [0, 0.05) is 23.8 Å². The first-order valence-electron chi connectivity index (χ1n) is 12.6. The molecule has 0 fully saturated rings. The maximum Gasteiger partial charge on any atom is 0.349 e. The van der Waals surface area contributed by atoms with E-state index in [2.05, 4.69) is 6.07 Å². The molecule has 1 aliphatic heterocycles. The zero-order valence-corrected chi connectivity index (χ0v) is 21.9. The first-order valence-corrected chi connectivity index (χ1v) is 12.6. The maximum atomic E-state index is 13.1. The Hall–Kier alpha value is -5.89. The molecule has 0 saturated carbocycles. The summed E-state index contributed by atoms with van der Waals surface area (Å²) >= 11 is 0. The van der Waals surface area contributed by atoms with E-state index >= 15 is 0 Å². The van der Waals surface area contributed by atoms with E-state index in [0.29, 0.717) is 17.1 Å². The number of nitriles is 1. The van der Waals surface area contributed by atoms with Gasteiger partial charge in [-0.15, -0.1) is 0 Å². The van der Waals surface area contributed by atoms with E-state index in [4.69, 9.17) is 24.7 Å². The molecule has 4 aromatic carbocycles. The van der Waals surface area contributed by atoms with Crippen molar-refractivity contribution in [3.8, 4) is 29.1 Å². The third-order valence-corrected chi connectivity index (χ3v) is 6.36. The summed E-state index contributed by atoms with van der Waals surface area (Å²) in [6, 6.07) is 25.3. The molecule has 10 nitrogen and oxygen atoms in total. The quantitative estimate of drug-likeness (QED) is 0.120. The molecule has 0 amide bonds. The number of rotatable bonds is 9. The van der Waals surface area contributed by atoms with Gasteiger partial charge in [0.05, 0.1) is 10.8 Å². The molecule has 0 spiro atoms. The number of halogens is 1. The van der Waals surface area contributed by atoms with Crippen LogP contribution in [0.5, 0.6) is 23.0 Å². The number of nitro groups is 1. The third kappa shape index (κ3) is 6.29. The molecule has 1 unspecified atom stereocenters. The van der Waals surface area contributed by atoms with Gasteiger partial charge in [0.2, 0.25) is 5.88 Å². The van der Waals surface area contributed by atoms with Gasteiger partial charge in [0.1, 0.15) is 47.1 Å². The number of hydrogen-bond acceptors (Lipinski definition) is 9. The molecule has 1 atom stereocenters. The summed E-state index contributed by atoms with van der Waals surface area (Å²) in [5.41, 5.74) is 8.43. The minimum absolute atomic E-state index is 0.0726. The van der Waals surface area contributed by atoms with Crippen LogP contribution >= 0.6 is 0 Å². The minimum atomic E-state index is -0.710. The van der Waals surface area contributed by atoms with Gasteiger partial charge in [0.15, 0.2) is 6.61 Å². The van der Waals surface area contributed by atoms with E-state index in [9.17, 15) is 24.6 Å². The van der Waals surface area contributed by atoms with Gasteiger partial charge in [-0.3, -0.25) is 10.1 Å². The normalized spacial score (nSPS) is 13.8. The van der Waals surface area contributed by atoms with E-state index < -0.39 is 23.4 Å². The lowest BCUT2D eigenvalue weighted by molar-refractivity contribution is -0.384. The summed E-state index contributed by atoms with van der Waals surface area (Å²) in [5, 5.41) is 20.6. The number of carbonyl (C=O) groups excluding carboxylic acids is 1. The standard InChI is InChI=1S/C31H22FN3O7/c32-21-5-1-19(2-6-21)17-39-23-9-3-20(4-10-23)30-26-14-13-25(15-28(26)42-31(34)27(30)16-33)41-29(36)18-40-24-11-7-22(8-12-24)35(37)38/h1-15,30H,17-18,34H2. The Bertz CT molecular complexity index is 1700. The Kier molecular flexibility index (Phi) is 7.97. The van der Waals surface area contributed by atoms with Crippen LogP contribution in [0.4, 0.5) is 10.1 Å². The summed E-state index contributed by atoms with van der Waals surface area (Å²) in [5.74, 6) is -0.307. The number of non-ortho nitro benzene ring substituents is 1.